The minimum Gasteiger partial charge on any atom is -0.309 e. The van der Waals surface area contributed by atoms with Crippen LogP contribution in [0.5, 0.6) is 0 Å². The molecule has 0 amide bonds. The second kappa shape index (κ2) is 12.2. The summed E-state index contributed by atoms with van der Waals surface area (Å²) >= 11 is 1.80. The van der Waals surface area contributed by atoms with Gasteiger partial charge in [-0.15, -0.1) is 11.3 Å². The largest absolute Gasteiger partial charge is 0.309 e. The Hall–Kier alpha value is -7.21. The molecule has 9 aromatic carbocycles. The third kappa shape index (κ3) is 4.68. The fourth-order valence-electron chi connectivity index (χ4n) is 8.71. The summed E-state index contributed by atoms with van der Waals surface area (Å²) in [6.07, 6.45) is 0. The van der Waals surface area contributed by atoms with Crippen LogP contribution in [-0.2, 0) is 0 Å². The highest BCUT2D eigenvalue weighted by Gasteiger charge is 2.21. The van der Waals surface area contributed by atoms with Crippen molar-refractivity contribution in [3.63, 3.8) is 0 Å². The molecule has 0 unspecified atom stereocenters. The van der Waals surface area contributed by atoms with Gasteiger partial charge in [-0.25, -0.2) is 15.0 Å². The number of rotatable bonds is 4. The van der Waals surface area contributed by atoms with Gasteiger partial charge in [-0.2, -0.15) is 0 Å². The molecule has 0 saturated heterocycles. The maximum Gasteiger partial charge on any atom is 0.164 e. The minimum absolute atomic E-state index is 0.646. The van der Waals surface area contributed by atoms with E-state index in [1.807, 2.05) is 18.2 Å². The van der Waals surface area contributed by atoms with Crippen molar-refractivity contribution in [2.75, 3.05) is 0 Å². The highest BCUT2D eigenvalue weighted by atomic mass is 32.1. The zero-order chi connectivity index (χ0) is 36.7. The minimum atomic E-state index is 0.646. The van der Waals surface area contributed by atoms with E-state index in [1.54, 1.807) is 11.3 Å². The van der Waals surface area contributed by atoms with Gasteiger partial charge in [0.2, 0.25) is 0 Å². The summed E-state index contributed by atoms with van der Waals surface area (Å²) in [5.74, 6) is 1.96. The van der Waals surface area contributed by atoms with Crippen molar-refractivity contribution < 1.29 is 0 Å². The third-order valence-corrected chi connectivity index (χ3v) is 12.3. The number of nitrogens with zero attached hydrogens (tertiary/aromatic N) is 4. The van der Waals surface area contributed by atoms with Crippen LogP contribution in [0.4, 0.5) is 0 Å². The number of thiophene rings is 1. The summed E-state index contributed by atoms with van der Waals surface area (Å²) in [7, 11) is 0. The van der Waals surface area contributed by atoms with E-state index in [1.165, 1.54) is 63.5 Å². The molecular formula is C51H30N4S. The first-order chi connectivity index (χ1) is 27.8. The Morgan fingerprint density at radius 1 is 0.357 bits per heavy atom. The van der Waals surface area contributed by atoms with Gasteiger partial charge in [0.15, 0.2) is 17.5 Å². The second-order valence-electron chi connectivity index (χ2n) is 14.4. The van der Waals surface area contributed by atoms with Crippen LogP contribution in [0.3, 0.4) is 0 Å². The highest BCUT2D eigenvalue weighted by Crippen LogP contribution is 2.43. The first kappa shape index (κ1) is 31.2. The highest BCUT2D eigenvalue weighted by molar-refractivity contribution is 7.25. The van der Waals surface area contributed by atoms with Crippen LogP contribution in [0, 0.1) is 0 Å². The topological polar surface area (TPSA) is 43.6 Å². The molecule has 3 aromatic heterocycles. The fraction of sp³-hybridized carbons (Fsp3) is 0. The molecule has 12 rings (SSSR count). The molecule has 260 valence electrons. The Balaban J connectivity index is 1.13. The van der Waals surface area contributed by atoms with E-state index in [2.05, 4.69) is 168 Å². The summed E-state index contributed by atoms with van der Waals surface area (Å²) in [5.41, 5.74) is 6.39. The molecule has 56 heavy (non-hydrogen) atoms. The van der Waals surface area contributed by atoms with Crippen molar-refractivity contribution in [1.82, 2.24) is 19.5 Å². The van der Waals surface area contributed by atoms with E-state index in [4.69, 9.17) is 15.0 Å². The zero-order valence-electron chi connectivity index (χ0n) is 30.0. The van der Waals surface area contributed by atoms with Gasteiger partial charge in [0.1, 0.15) is 0 Å². The molecule has 0 saturated carbocycles. The van der Waals surface area contributed by atoms with Gasteiger partial charge in [0.05, 0.1) is 16.7 Å². The maximum atomic E-state index is 5.32. The number of hydrogen-bond acceptors (Lipinski definition) is 4. The summed E-state index contributed by atoms with van der Waals surface area (Å²) < 4.78 is 4.92. The van der Waals surface area contributed by atoms with Crippen molar-refractivity contribution in [2.24, 2.45) is 0 Å². The first-order valence-corrected chi connectivity index (χ1v) is 19.7. The van der Waals surface area contributed by atoms with Crippen LogP contribution in [0.2, 0.25) is 0 Å². The monoisotopic (exact) mass is 730 g/mol. The lowest BCUT2D eigenvalue weighted by Gasteiger charge is -2.15. The molecule has 12 aromatic rings. The van der Waals surface area contributed by atoms with Crippen molar-refractivity contribution in [3.8, 4) is 39.9 Å². The first-order valence-electron chi connectivity index (χ1n) is 18.9. The van der Waals surface area contributed by atoms with Crippen LogP contribution in [0.15, 0.2) is 182 Å². The molecule has 3 heterocycles. The van der Waals surface area contributed by atoms with Gasteiger partial charge in [-0.3, -0.25) is 0 Å². The lowest BCUT2D eigenvalue weighted by Crippen LogP contribution is -2.01. The average molecular weight is 731 g/mol. The standard InChI is InChI=1S/C51H30N4S/c1-2-14-32(15-3-1)49-52-50(54-51(53-49)40-23-12-26-46-48(40)39-19-8-9-25-45(39)56-46)38-22-10-21-37-36(38)20-11-24-42(37)55-43-28-27-31-13-6-7-18-35(31)47(43)41-29-33-16-4-5-17-34(33)30-44(41)55/h1-30H. The molecule has 0 aliphatic rings. The quantitative estimate of drug-likeness (QED) is 0.181. The van der Waals surface area contributed by atoms with Crippen LogP contribution < -0.4 is 0 Å². The van der Waals surface area contributed by atoms with Crippen LogP contribution in [-0.4, -0.2) is 19.5 Å². The van der Waals surface area contributed by atoms with Gasteiger partial charge >= 0.3 is 0 Å². The summed E-state index contributed by atoms with van der Waals surface area (Å²) in [4.78, 5) is 15.7. The van der Waals surface area contributed by atoms with E-state index in [9.17, 15) is 0 Å². The number of benzene rings is 9. The summed E-state index contributed by atoms with van der Waals surface area (Å²) in [5, 5.41) is 12.0. The SMILES string of the molecule is c1ccc(-c2nc(-c3cccc4c(-n5c6cc7ccccc7cc6c6c7ccccc7ccc65)cccc34)nc(-c3cccc4sc5ccccc5c34)n2)cc1. The molecule has 0 N–H and O–H groups in total. The van der Waals surface area contributed by atoms with Crippen molar-refractivity contribution in [1.29, 1.82) is 0 Å². The van der Waals surface area contributed by atoms with E-state index in [0.717, 1.165) is 33.2 Å². The van der Waals surface area contributed by atoms with Crippen LogP contribution >= 0.6 is 11.3 Å². The van der Waals surface area contributed by atoms with Gasteiger partial charge in [-0.1, -0.05) is 146 Å². The lowest BCUT2D eigenvalue weighted by molar-refractivity contribution is 1.08. The normalized spacial score (nSPS) is 11.9. The molecule has 0 fully saturated rings. The van der Waals surface area contributed by atoms with Crippen LogP contribution in [0.1, 0.15) is 0 Å². The number of fused-ring (bicyclic) bond motifs is 10. The Kier molecular flexibility index (Phi) is 6.76. The average Bonchev–Trinajstić information content (AvgIpc) is 3.81. The predicted molar refractivity (Wildman–Crippen MR) is 236 cm³/mol. The third-order valence-electron chi connectivity index (χ3n) is 11.2. The fourth-order valence-corrected chi connectivity index (χ4v) is 9.84. The smallest absolute Gasteiger partial charge is 0.164 e. The summed E-state index contributed by atoms with van der Waals surface area (Å²) in [6, 6.07) is 65.0. The Bertz CT molecular complexity index is 3540. The molecule has 0 aliphatic heterocycles. The van der Waals surface area contributed by atoms with E-state index in [0.29, 0.717) is 17.5 Å². The van der Waals surface area contributed by atoms with Gasteiger partial charge in [0, 0.05) is 53.0 Å². The lowest BCUT2D eigenvalue weighted by atomic mass is 10.0. The van der Waals surface area contributed by atoms with Gasteiger partial charge < -0.3 is 4.57 Å². The molecule has 0 spiro atoms. The Morgan fingerprint density at radius 2 is 0.982 bits per heavy atom. The maximum absolute atomic E-state index is 5.32. The number of aromatic nitrogens is 4. The van der Waals surface area contributed by atoms with Crippen molar-refractivity contribution >= 4 is 85.6 Å². The zero-order valence-corrected chi connectivity index (χ0v) is 30.8. The molecule has 0 radical (unpaired) electrons. The molecule has 4 nitrogen and oxygen atoms in total. The van der Waals surface area contributed by atoms with E-state index >= 15 is 0 Å². The molecule has 0 bridgehead atoms. The van der Waals surface area contributed by atoms with Crippen molar-refractivity contribution in [3.05, 3.63) is 182 Å². The van der Waals surface area contributed by atoms with Gasteiger partial charge in [-0.05, 0) is 63.3 Å². The van der Waals surface area contributed by atoms with E-state index < -0.39 is 0 Å². The van der Waals surface area contributed by atoms with Crippen molar-refractivity contribution in [2.45, 2.75) is 0 Å². The predicted octanol–water partition coefficient (Wildman–Crippen LogP) is 13.8. The van der Waals surface area contributed by atoms with Gasteiger partial charge in [0.25, 0.3) is 0 Å². The molecule has 5 heteroatoms. The Labute approximate surface area is 325 Å². The number of hydrogen-bond donors (Lipinski definition) is 0. The molecule has 0 aliphatic carbocycles. The van der Waals surface area contributed by atoms with E-state index in [-0.39, 0.29) is 0 Å². The second-order valence-corrected chi connectivity index (χ2v) is 15.4. The Morgan fingerprint density at radius 3 is 1.86 bits per heavy atom. The molecular weight excluding hydrogens is 701 g/mol. The molecule has 0 atom stereocenters. The summed E-state index contributed by atoms with van der Waals surface area (Å²) in [6.45, 7) is 0. The van der Waals surface area contributed by atoms with Crippen LogP contribution in [0.25, 0.3) is 114 Å².